The summed E-state index contributed by atoms with van der Waals surface area (Å²) in [6.07, 6.45) is 1.61. The molecule has 0 amide bonds. The van der Waals surface area contributed by atoms with Crippen LogP contribution < -0.4 is 0 Å². The van der Waals surface area contributed by atoms with E-state index >= 15 is 0 Å². The predicted octanol–water partition coefficient (Wildman–Crippen LogP) is 5.61. The number of hydrogen-bond acceptors (Lipinski definition) is 4. The minimum absolute atomic E-state index is 0.463. The van der Waals surface area contributed by atoms with Crippen molar-refractivity contribution in [3.63, 3.8) is 0 Å². The van der Waals surface area contributed by atoms with Crippen LogP contribution in [0.1, 0.15) is 16.7 Å². The van der Waals surface area contributed by atoms with Crippen molar-refractivity contribution in [2.75, 3.05) is 0 Å². The number of isocyanates is 1. The van der Waals surface area contributed by atoms with Gasteiger partial charge in [-0.2, -0.15) is 0 Å². The highest BCUT2D eigenvalue weighted by atomic mass is 33.1. The van der Waals surface area contributed by atoms with Gasteiger partial charge in [-0.05, 0) is 27.5 Å². The summed E-state index contributed by atoms with van der Waals surface area (Å²) in [7, 11) is 2.70. The largest absolute Gasteiger partial charge is 0.248 e. The van der Waals surface area contributed by atoms with Crippen molar-refractivity contribution in [3.8, 4) is 0 Å². The van der Waals surface area contributed by atoms with Crippen molar-refractivity contribution in [2.24, 2.45) is 4.40 Å². The molecule has 3 aromatic rings. The van der Waals surface area contributed by atoms with Crippen LogP contribution in [-0.2, 0) is 9.54 Å². The van der Waals surface area contributed by atoms with Crippen molar-refractivity contribution in [1.29, 1.82) is 0 Å². The van der Waals surface area contributed by atoms with Crippen LogP contribution in [0.2, 0.25) is 0 Å². The number of rotatable bonds is 6. The summed E-state index contributed by atoms with van der Waals surface area (Å²) in [6, 6.07) is 30.9. The maximum atomic E-state index is 10.6. The van der Waals surface area contributed by atoms with Crippen molar-refractivity contribution in [2.45, 2.75) is 4.75 Å². The van der Waals surface area contributed by atoms with E-state index < -0.39 is 4.75 Å². The lowest BCUT2D eigenvalue weighted by atomic mass is 9.84. The second kappa shape index (κ2) is 8.02. The Kier molecular flexibility index (Phi) is 5.55. The van der Waals surface area contributed by atoms with Gasteiger partial charge in [-0.25, -0.2) is 4.79 Å². The van der Waals surface area contributed by atoms with Gasteiger partial charge < -0.3 is 0 Å². The second-order valence-corrected chi connectivity index (χ2v) is 7.18. The molecule has 2 nitrogen and oxygen atoms in total. The summed E-state index contributed by atoms with van der Waals surface area (Å²) in [4.78, 5) is 10.6. The monoisotopic (exact) mass is 349 g/mol. The maximum Gasteiger partial charge on any atom is 0.248 e. The smallest absolute Gasteiger partial charge is 0.210 e. The topological polar surface area (TPSA) is 29.4 Å². The molecule has 0 aliphatic carbocycles. The maximum absolute atomic E-state index is 10.6. The summed E-state index contributed by atoms with van der Waals surface area (Å²) in [5, 5.41) is 0. The van der Waals surface area contributed by atoms with E-state index in [9.17, 15) is 4.79 Å². The Balaban J connectivity index is 2.25. The van der Waals surface area contributed by atoms with Gasteiger partial charge in [-0.1, -0.05) is 91.0 Å². The Morgan fingerprint density at radius 1 is 0.667 bits per heavy atom. The number of carbonyl (C=O) groups excluding carboxylic acids is 1. The molecule has 0 radical (unpaired) electrons. The molecule has 0 fully saturated rings. The lowest BCUT2D eigenvalue weighted by Crippen LogP contribution is -2.24. The van der Waals surface area contributed by atoms with Crippen LogP contribution in [-0.4, -0.2) is 6.08 Å². The molecular formula is C20H15NOS2. The van der Waals surface area contributed by atoms with Crippen molar-refractivity contribution in [3.05, 3.63) is 108 Å². The van der Waals surface area contributed by atoms with Gasteiger partial charge in [0.15, 0.2) is 0 Å². The molecule has 3 aromatic carbocycles. The fourth-order valence-corrected chi connectivity index (χ4v) is 5.03. The third-order valence-corrected chi connectivity index (χ3v) is 6.16. The molecule has 0 aliphatic rings. The van der Waals surface area contributed by atoms with Gasteiger partial charge in [0.1, 0.15) is 4.75 Å². The summed E-state index contributed by atoms with van der Waals surface area (Å²) in [5.74, 6) is 0. The average Bonchev–Trinajstić information content (AvgIpc) is 2.68. The van der Waals surface area contributed by atoms with Gasteiger partial charge >= 0.3 is 0 Å². The minimum atomic E-state index is -0.463. The van der Waals surface area contributed by atoms with E-state index in [2.05, 4.69) is 40.8 Å². The van der Waals surface area contributed by atoms with Gasteiger partial charge in [0.25, 0.3) is 0 Å². The van der Waals surface area contributed by atoms with E-state index in [0.29, 0.717) is 0 Å². The first-order valence-corrected chi connectivity index (χ1v) is 9.57. The molecule has 0 aromatic heterocycles. The molecule has 0 N–H and O–H groups in total. The number of hydrogen-bond donors (Lipinski definition) is 0. The van der Waals surface area contributed by atoms with Gasteiger partial charge in [0, 0.05) is 0 Å². The highest BCUT2D eigenvalue weighted by molar-refractivity contribution is 8.76. The summed E-state index contributed by atoms with van der Waals surface area (Å²) < 4.78 is 3.24. The van der Waals surface area contributed by atoms with Crippen LogP contribution in [0, 0.1) is 0 Å². The molecule has 3 rings (SSSR count). The Bertz CT molecular complexity index is 719. The predicted molar refractivity (Wildman–Crippen MR) is 103 cm³/mol. The molecule has 0 unspecified atom stereocenters. The van der Waals surface area contributed by atoms with Crippen LogP contribution in [0.25, 0.3) is 0 Å². The van der Waals surface area contributed by atoms with Gasteiger partial charge in [0.2, 0.25) is 6.08 Å². The van der Waals surface area contributed by atoms with Crippen LogP contribution >= 0.6 is 21.8 Å². The molecule has 118 valence electrons. The molecule has 4 heteroatoms. The van der Waals surface area contributed by atoms with Gasteiger partial charge in [0.05, 0.1) is 11.0 Å². The van der Waals surface area contributed by atoms with E-state index in [1.54, 1.807) is 16.9 Å². The lowest BCUT2D eigenvalue weighted by molar-refractivity contribution is 0.566. The van der Waals surface area contributed by atoms with Crippen LogP contribution in [0.4, 0.5) is 0 Å². The van der Waals surface area contributed by atoms with E-state index in [1.165, 1.54) is 0 Å². The molecule has 24 heavy (non-hydrogen) atoms. The highest BCUT2D eigenvalue weighted by Gasteiger charge is 2.37. The summed E-state index contributed by atoms with van der Waals surface area (Å²) in [6.45, 7) is 0. The summed E-state index contributed by atoms with van der Waals surface area (Å²) >= 11 is 0. The van der Waals surface area contributed by atoms with Crippen LogP contribution in [0.5, 0.6) is 0 Å². The Labute approximate surface area is 149 Å². The first kappa shape index (κ1) is 16.6. The molecular weight excluding hydrogens is 334 g/mol. The molecule has 0 bridgehead atoms. The fourth-order valence-electron chi connectivity index (χ4n) is 2.75. The molecule has 0 saturated heterocycles. The van der Waals surface area contributed by atoms with Crippen LogP contribution in [0.15, 0.2) is 95.4 Å². The molecule has 0 aliphatic heterocycles. The normalized spacial score (nSPS) is 10.8. The van der Waals surface area contributed by atoms with Crippen molar-refractivity contribution >= 4 is 27.9 Å². The standard InChI is InChI=1S/C20H15NOS2/c22-16-21-24-23-20(17-10-4-1-5-11-17,18-12-6-2-7-13-18)19-14-8-3-9-15-19/h1-15H. The lowest BCUT2D eigenvalue weighted by Gasteiger charge is -2.33. The van der Waals surface area contributed by atoms with Crippen molar-refractivity contribution in [1.82, 2.24) is 0 Å². The zero-order valence-electron chi connectivity index (χ0n) is 12.8. The van der Waals surface area contributed by atoms with E-state index in [0.717, 1.165) is 27.7 Å². The second-order valence-electron chi connectivity index (χ2n) is 5.12. The van der Waals surface area contributed by atoms with Gasteiger partial charge in [-0.15, -0.1) is 4.40 Å². The quantitative estimate of drug-likeness (QED) is 0.190. The van der Waals surface area contributed by atoms with Crippen molar-refractivity contribution < 1.29 is 4.79 Å². The zero-order valence-corrected chi connectivity index (χ0v) is 14.5. The molecule has 0 spiro atoms. The van der Waals surface area contributed by atoms with Crippen LogP contribution in [0.3, 0.4) is 0 Å². The molecule has 0 atom stereocenters. The Morgan fingerprint density at radius 3 is 1.38 bits per heavy atom. The molecule has 0 heterocycles. The van der Waals surface area contributed by atoms with E-state index in [4.69, 9.17) is 0 Å². The average molecular weight is 349 g/mol. The number of benzene rings is 3. The van der Waals surface area contributed by atoms with Gasteiger partial charge in [-0.3, -0.25) is 0 Å². The van der Waals surface area contributed by atoms with E-state index in [-0.39, 0.29) is 0 Å². The van der Waals surface area contributed by atoms with E-state index in [1.807, 2.05) is 54.6 Å². The summed E-state index contributed by atoms with van der Waals surface area (Å²) in [5.41, 5.74) is 3.42. The Hall–Kier alpha value is -2.26. The third kappa shape index (κ3) is 3.31. The minimum Gasteiger partial charge on any atom is -0.210 e. The highest BCUT2D eigenvalue weighted by Crippen LogP contribution is 2.53. The fraction of sp³-hybridized carbons (Fsp3) is 0.0500. The third-order valence-electron chi connectivity index (χ3n) is 3.78. The SMILES string of the molecule is O=C=NSSC(c1ccccc1)(c1ccccc1)c1ccccc1. The molecule has 0 saturated carbocycles. The first-order chi connectivity index (χ1) is 11.9. The first-order valence-electron chi connectivity index (χ1n) is 7.46. The zero-order chi connectivity index (χ0) is 16.7. The Morgan fingerprint density at radius 2 is 1.04 bits per heavy atom. The number of nitrogens with zero attached hydrogens (tertiary/aromatic N) is 1.